The number of hydrogen-bond donors (Lipinski definition) is 9. The average molecular weight is 525 g/mol. The molecule has 11 N–H and O–H groups in total. The summed E-state index contributed by atoms with van der Waals surface area (Å²) in [5.74, 6) is -3.59. The van der Waals surface area contributed by atoms with Crippen molar-refractivity contribution in [3.05, 3.63) is 23.7 Å². The molecule has 2 heterocycles. The molecule has 0 spiro atoms. The van der Waals surface area contributed by atoms with Crippen molar-refractivity contribution in [2.75, 3.05) is 13.1 Å². The summed E-state index contributed by atoms with van der Waals surface area (Å²) in [5, 5.41) is 47.6. The minimum atomic E-state index is -1.26. The first-order chi connectivity index (χ1) is 17.5. The second-order valence-electron chi connectivity index (χ2n) is 8.68. The van der Waals surface area contributed by atoms with Crippen molar-refractivity contribution in [2.24, 2.45) is 16.5 Å². The third-order valence-corrected chi connectivity index (χ3v) is 5.54. The maximum absolute atomic E-state index is 11.4. The van der Waals surface area contributed by atoms with Crippen molar-refractivity contribution in [1.82, 2.24) is 15.8 Å². The van der Waals surface area contributed by atoms with E-state index in [2.05, 4.69) is 20.8 Å². The molecule has 205 valence electrons. The summed E-state index contributed by atoms with van der Waals surface area (Å²) in [5.41, 5.74) is 10.8. The van der Waals surface area contributed by atoms with Gasteiger partial charge in [-0.2, -0.15) is 0 Å². The minimum Gasteiger partial charge on any atom is -0.483 e. The molecular weight excluding hydrogens is 491 g/mol. The molecule has 0 unspecified atom stereocenters. The lowest BCUT2D eigenvalue weighted by Gasteiger charge is -2.34. The standard InChI is InChI=1S/C21H34BN6O9/c1-10(29)27-14-2-3-16(19(32)33)37-18(14)15(31)4-5-25-22-26-9-12(30)8-13-6-11(28-21(23)24)7-17(36-13)20(34)35/h3,7,11-15,18,25-26,30-31H,2,4-6,8-9H2,1H3,(H,27,29)(H,32,33)(H,34,35)(H4,23,24,28)/t11-,12+,13-,14-,15-,18-/m1/s1. The fourth-order valence-electron chi connectivity index (χ4n) is 3.98. The van der Waals surface area contributed by atoms with Gasteiger partial charge < -0.3 is 57.1 Å². The Labute approximate surface area is 214 Å². The molecule has 1 amide bonds. The van der Waals surface area contributed by atoms with Gasteiger partial charge in [0, 0.05) is 26.3 Å². The van der Waals surface area contributed by atoms with Gasteiger partial charge in [-0.05, 0) is 31.5 Å². The van der Waals surface area contributed by atoms with Crippen molar-refractivity contribution in [3.63, 3.8) is 0 Å². The van der Waals surface area contributed by atoms with Crippen LogP contribution in [0.25, 0.3) is 0 Å². The zero-order chi connectivity index (χ0) is 27.5. The smallest absolute Gasteiger partial charge is 0.370 e. The number of nitrogens with one attached hydrogen (secondary N) is 3. The molecule has 6 atom stereocenters. The number of aliphatic imine (C=N–C) groups is 1. The van der Waals surface area contributed by atoms with Gasteiger partial charge in [0.15, 0.2) is 5.96 Å². The molecule has 0 saturated carbocycles. The van der Waals surface area contributed by atoms with Crippen LogP contribution in [0.1, 0.15) is 32.6 Å². The number of carbonyl (C=O) groups is 3. The second-order valence-corrected chi connectivity index (χ2v) is 8.68. The van der Waals surface area contributed by atoms with Gasteiger partial charge in [0.1, 0.15) is 12.2 Å². The van der Waals surface area contributed by atoms with E-state index >= 15 is 0 Å². The second kappa shape index (κ2) is 14.4. The first-order valence-corrected chi connectivity index (χ1v) is 11.7. The van der Waals surface area contributed by atoms with Gasteiger partial charge in [-0.3, -0.25) is 4.79 Å². The zero-order valence-corrected chi connectivity index (χ0v) is 20.4. The molecule has 0 saturated heterocycles. The van der Waals surface area contributed by atoms with Crippen LogP contribution in [0.3, 0.4) is 0 Å². The molecule has 0 aliphatic carbocycles. The number of ether oxygens (including phenoxy) is 2. The van der Waals surface area contributed by atoms with E-state index in [9.17, 15) is 29.7 Å². The van der Waals surface area contributed by atoms with E-state index < -0.39 is 48.4 Å². The van der Waals surface area contributed by atoms with E-state index in [1.807, 2.05) is 0 Å². The normalized spacial score (nSPS) is 24.7. The Bertz CT molecular complexity index is 911. The zero-order valence-electron chi connectivity index (χ0n) is 20.4. The molecule has 0 aromatic rings. The summed E-state index contributed by atoms with van der Waals surface area (Å²) in [6.07, 6.45) is -0.00120. The lowest BCUT2D eigenvalue weighted by atomic mass is 9.96. The number of carbonyl (C=O) groups excluding carboxylic acids is 1. The molecule has 37 heavy (non-hydrogen) atoms. The van der Waals surface area contributed by atoms with E-state index in [-0.39, 0.29) is 55.7 Å². The molecule has 0 aromatic carbocycles. The number of amides is 1. The van der Waals surface area contributed by atoms with Crippen LogP contribution in [0, 0.1) is 0 Å². The Hall–Kier alpha value is -3.34. The van der Waals surface area contributed by atoms with Crippen molar-refractivity contribution in [1.29, 1.82) is 0 Å². The number of aliphatic carboxylic acids is 2. The maximum atomic E-state index is 11.4. The number of hydrogen-bond acceptors (Lipinski definition) is 10. The van der Waals surface area contributed by atoms with Crippen LogP contribution >= 0.6 is 0 Å². The van der Waals surface area contributed by atoms with Gasteiger partial charge in [0.05, 0.1) is 24.3 Å². The summed E-state index contributed by atoms with van der Waals surface area (Å²) in [6, 6.07) is -1.15. The minimum absolute atomic E-state index is 0.123. The molecular formula is C21H34BN6O9. The summed E-state index contributed by atoms with van der Waals surface area (Å²) < 4.78 is 10.8. The molecule has 2 aliphatic rings. The predicted molar refractivity (Wildman–Crippen MR) is 131 cm³/mol. The Balaban J connectivity index is 1.72. The number of aliphatic hydroxyl groups excluding tert-OH is 2. The number of guanidine groups is 1. The van der Waals surface area contributed by atoms with Crippen LogP contribution in [-0.2, 0) is 23.9 Å². The highest BCUT2D eigenvalue weighted by Gasteiger charge is 2.35. The number of carboxylic acids is 2. The van der Waals surface area contributed by atoms with Crippen LogP contribution in [0.15, 0.2) is 28.7 Å². The monoisotopic (exact) mass is 525 g/mol. The largest absolute Gasteiger partial charge is 0.483 e. The molecule has 0 bridgehead atoms. The number of aliphatic hydroxyl groups is 2. The third kappa shape index (κ3) is 10.3. The Morgan fingerprint density at radius 1 is 1.16 bits per heavy atom. The van der Waals surface area contributed by atoms with Crippen LogP contribution < -0.4 is 27.2 Å². The molecule has 15 nitrogen and oxygen atoms in total. The predicted octanol–water partition coefficient (Wildman–Crippen LogP) is -3.14. The Morgan fingerprint density at radius 3 is 2.49 bits per heavy atom. The van der Waals surface area contributed by atoms with Crippen LogP contribution in [-0.4, -0.2) is 101 Å². The topological polar surface area (TPSA) is 251 Å². The molecule has 16 heteroatoms. The Kier molecular flexibility index (Phi) is 11.6. The summed E-state index contributed by atoms with van der Waals surface area (Å²) in [4.78, 5) is 37.9. The number of rotatable bonds is 14. The van der Waals surface area contributed by atoms with Crippen molar-refractivity contribution in [3.8, 4) is 0 Å². The van der Waals surface area contributed by atoms with Gasteiger partial charge in [-0.15, -0.1) is 0 Å². The van der Waals surface area contributed by atoms with E-state index in [0.29, 0.717) is 6.42 Å². The lowest BCUT2D eigenvalue weighted by Crippen LogP contribution is -2.51. The van der Waals surface area contributed by atoms with Crippen molar-refractivity contribution >= 4 is 31.4 Å². The molecule has 0 fully saturated rings. The van der Waals surface area contributed by atoms with Crippen LogP contribution in [0.4, 0.5) is 0 Å². The highest BCUT2D eigenvalue weighted by Crippen LogP contribution is 2.24. The number of nitrogens with zero attached hydrogens (tertiary/aromatic N) is 1. The average Bonchev–Trinajstić information content (AvgIpc) is 2.80. The number of nitrogens with two attached hydrogens (primary N) is 2. The van der Waals surface area contributed by atoms with E-state index in [0.717, 1.165) is 0 Å². The van der Waals surface area contributed by atoms with E-state index in [1.165, 1.54) is 26.6 Å². The lowest BCUT2D eigenvalue weighted by molar-refractivity contribution is -0.141. The first-order valence-electron chi connectivity index (χ1n) is 11.7. The van der Waals surface area contributed by atoms with Crippen LogP contribution in [0.2, 0.25) is 0 Å². The van der Waals surface area contributed by atoms with Gasteiger partial charge >= 0.3 is 19.5 Å². The van der Waals surface area contributed by atoms with E-state index in [4.69, 9.17) is 26.0 Å². The molecule has 0 aromatic heterocycles. The van der Waals surface area contributed by atoms with Crippen molar-refractivity contribution in [2.45, 2.75) is 69.1 Å². The maximum Gasteiger partial charge on any atom is 0.370 e. The van der Waals surface area contributed by atoms with Crippen LogP contribution in [0.5, 0.6) is 0 Å². The highest BCUT2D eigenvalue weighted by molar-refractivity contribution is 6.28. The Morgan fingerprint density at radius 2 is 1.86 bits per heavy atom. The van der Waals surface area contributed by atoms with Crippen molar-refractivity contribution < 1.29 is 44.3 Å². The molecule has 2 rings (SSSR count). The highest BCUT2D eigenvalue weighted by atomic mass is 16.5. The van der Waals surface area contributed by atoms with Gasteiger partial charge in [0.25, 0.3) is 0 Å². The van der Waals surface area contributed by atoms with Gasteiger partial charge in [0.2, 0.25) is 17.4 Å². The summed E-state index contributed by atoms with van der Waals surface area (Å²) in [7, 11) is 1.47. The third-order valence-electron chi connectivity index (χ3n) is 5.54. The fourth-order valence-corrected chi connectivity index (χ4v) is 3.98. The fraction of sp³-hybridized carbons (Fsp3) is 0.619. The molecule has 2 aliphatic heterocycles. The quantitative estimate of drug-likeness (QED) is 0.0471. The van der Waals surface area contributed by atoms with Gasteiger partial charge in [-0.1, -0.05) is 0 Å². The van der Waals surface area contributed by atoms with E-state index in [1.54, 1.807) is 0 Å². The molecule has 1 radical (unpaired) electrons. The number of carboxylic acid groups (broad SMARTS) is 2. The summed E-state index contributed by atoms with van der Waals surface area (Å²) in [6.45, 7) is 1.72. The first kappa shape index (κ1) is 29.9. The van der Waals surface area contributed by atoms with Gasteiger partial charge in [-0.25, -0.2) is 14.6 Å². The SMILES string of the molecule is CC(=O)N[C@@H]1CC=C(C(=O)O)O[C@H]1[C@H](O)CCN[B]NC[C@@H](O)C[C@H]1C[C@@H](N=C(N)N)C=C(C(=O)O)O1. The summed E-state index contributed by atoms with van der Waals surface area (Å²) >= 11 is 0.